The van der Waals surface area contributed by atoms with Crippen LogP contribution in [0.3, 0.4) is 0 Å². The second-order valence-corrected chi connectivity index (χ2v) is 5.89. The van der Waals surface area contributed by atoms with Gasteiger partial charge in [-0.2, -0.15) is 0 Å². The fourth-order valence-electron chi connectivity index (χ4n) is 1.71. The van der Waals surface area contributed by atoms with Gasteiger partial charge in [-0.15, -0.1) is 0 Å². The highest BCUT2D eigenvalue weighted by Gasteiger charge is 2.17. The lowest BCUT2D eigenvalue weighted by Gasteiger charge is -2.08. The van der Waals surface area contributed by atoms with Crippen LogP contribution in [0.4, 0.5) is 0 Å². The van der Waals surface area contributed by atoms with E-state index < -0.39 is 16.7 Å². The molecule has 108 valence electrons. The Balaban J connectivity index is 2.04. The Morgan fingerprint density at radius 3 is 2.19 bits per heavy atom. The summed E-state index contributed by atoms with van der Waals surface area (Å²) in [6, 6.07) is 18.2. The Bertz CT molecular complexity index is 656. The number of hydrogen-bond acceptors (Lipinski definition) is 2. The van der Waals surface area contributed by atoms with Crippen LogP contribution >= 0.6 is 11.6 Å². The molecule has 3 nitrogen and oxygen atoms in total. The second-order valence-electron chi connectivity index (χ2n) is 4.22. The number of nitrogens with one attached hydrogen (secondary N) is 1. The molecule has 0 aliphatic heterocycles. The fourth-order valence-corrected chi connectivity index (χ4v) is 3.03. The summed E-state index contributed by atoms with van der Waals surface area (Å²) in [5, 5.41) is 2.72. The van der Waals surface area contributed by atoms with E-state index in [1.807, 2.05) is 36.4 Å². The molecule has 0 heterocycles. The van der Waals surface area contributed by atoms with Crippen LogP contribution in [0.25, 0.3) is 0 Å². The van der Waals surface area contributed by atoms with Gasteiger partial charge in [0.2, 0.25) is 0 Å². The summed E-state index contributed by atoms with van der Waals surface area (Å²) >= 11 is 5.67. The molecule has 2 aromatic carbocycles. The summed E-state index contributed by atoms with van der Waals surface area (Å²) in [7, 11) is -1.59. The van der Waals surface area contributed by atoms with Gasteiger partial charge < -0.3 is 5.32 Å². The van der Waals surface area contributed by atoms with Crippen LogP contribution in [0.2, 0.25) is 0 Å². The van der Waals surface area contributed by atoms with Crippen LogP contribution in [0.1, 0.15) is 5.56 Å². The van der Waals surface area contributed by atoms with E-state index in [0.29, 0.717) is 11.4 Å². The van der Waals surface area contributed by atoms with Crippen molar-refractivity contribution in [2.24, 2.45) is 0 Å². The molecular weight excluding hydrogens is 306 g/mol. The van der Waals surface area contributed by atoms with Gasteiger partial charge in [-0.05, 0) is 17.7 Å². The maximum Gasteiger partial charge on any atom is 0.261 e. The number of hydrogen-bond donors (Lipinski definition) is 1. The quantitative estimate of drug-likeness (QED) is 0.860. The third-order valence-corrected chi connectivity index (χ3v) is 4.53. The molecule has 1 unspecified atom stereocenters. The molecule has 1 amide bonds. The highest BCUT2D eigenvalue weighted by Crippen LogP contribution is 2.15. The van der Waals surface area contributed by atoms with Gasteiger partial charge in [-0.25, -0.2) is 4.21 Å². The van der Waals surface area contributed by atoms with Gasteiger partial charge in [0.25, 0.3) is 5.91 Å². The molecule has 0 aliphatic rings. The minimum Gasteiger partial charge on any atom is -0.347 e. The summed E-state index contributed by atoms with van der Waals surface area (Å²) in [6.07, 6.45) is 0. The van der Waals surface area contributed by atoms with Crippen LogP contribution < -0.4 is 5.32 Å². The number of amides is 1. The van der Waals surface area contributed by atoms with Crippen molar-refractivity contribution in [3.8, 4) is 0 Å². The van der Waals surface area contributed by atoms with Crippen LogP contribution in [0.5, 0.6) is 0 Å². The van der Waals surface area contributed by atoms with E-state index in [0.717, 1.165) is 11.1 Å². The predicted molar refractivity (Wildman–Crippen MR) is 85.1 cm³/mol. The monoisotopic (exact) mass is 319 g/mol. The Morgan fingerprint density at radius 1 is 1.05 bits per heavy atom. The summed E-state index contributed by atoms with van der Waals surface area (Å²) in [4.78, 5) is 12.7. The van der Waals surface area contributed by atoms with Crippen molar-refractivity contribution < 1.29 is 9.00 Å². The molecule has 0 fully saturated rings. The summed E-state index contributed by atoms with van der Waals surface area (Å²) in [5.41, 5.74) is 2.04. The third kappa shape index (κ3) is 4.28. The van der Waals surface area contributed by atoms with Crippen molar-refractivity contribution in [1.82, 2.24) is 5.32 Å². The van der Waals surface area contributed by atoms with Crippen molar-refractivity contribution in [2.45, 2.75) is 11.4 Å². The van der Waals surface area contributed by atoms with E-state index in [2.05, 4.69) is 5.32 Å². The normalized spacial score (nSPS) is 12.7. The van der Waals surface area contributed by atoms with Gasteiger partial charge in [0, 0.05) is 17.0 Å². The van der Waals surface area contributed by atoms with Crippen molar-refractivity contribution in [3.05, 3.63) is 76.7 Å². The molecule has 2 aromatic rings. The maximum absolute atomic E-state index is 12.3. The molecule has 1 N–H and O–H groups in total. The highest BCUT2D eigenvalue weighted by atomic mass is 35.5. The van der Waals surface area contributed by atoms with Crippen molar-refractivity contribution >= 4 is 28.3 Å². The summed E-state index contributed by atoms with van der Waals surface area (Å²) in [5.74, 6) is -0.434. The lowest BCUT2D eigenvalue weighted by atomic mass is 10.2. The molecule has 0 aromatic heterocycles. The first-order valence-corrected chi connectivity index (χ1v) is 7.90. The van der Waals surface area contributed by atoms with E-state index in [4.69, 9.17) is 11.6 Å². The molecule has 0 radical (unpaired) electrons. The zero-order chi connectivity index (χ0) is 15.1. The lowest BCUT2D eigenvalue weighted by molar-refractivity contribution is -0.117. The zero-order valence-electron chi connectivity index (χ0n) is 11.2. The molecule has 0 bridgehead atoms. The van der Waals surface area contributed by atoms with E-state index in [1.54, 1.807) is 24.3 Å². The Hall–Kier alpha value is -1.91. The lowest BCUT2D eigenvalue weighted by Crippen LogP contribution is -2.26. The summed E-state index contributed by atoms with van der Waals surface area (Å²) in [6.45, 7) is 0.361. The molecule has 1 atom stereocenters. The van der Waals surface area contributed by atoms with Gasteiger partial charge in [-0.3, -0.25) is 4.79 Å². The first-order valence-electron chi connectivity index (χ1n) is 6.31. The Kier molecular flexibility index (Phi) is 5.72. The molecular formula is C16H14ClNO2S. The second kappa shape index (κ2) is 7.76. The molecule has 21 heavy (non-hydrogen) atoms. The van der Waals surface area contributed by atoms with E-state index in [9.17, 15) is 9.00 Å². The number of rotatable bonds is 5. The molecule has 2 rings (SSSR count). The highest BCUT2D eigenvalue weighted by molar-refractivity contribution is 7.90. The van der Waals surface area contributed by atoms with Crippen molar-refractivity contribution in [1.29, 1.82) is 0 Å². The van der Waals surface area contributed by atoms with Crippen LogP contribution in [-0.2, 0) is 22.1 Å². The van der Waals surface area contributed by atoms with Gasteiger partial charge in [0.15, 0.2) is 0 Å². The van der Waals surface area contributed by atoms with Crippen LogP contribution in [0.15, 0.2) is 76.0 Å². The first-order chi connectivity index (χ1) is 10.2. The third-order valence-electron chi connectivity index (χ3n) is 2.78. The number of carbonyl (C=O) groups is 1. The fraction of sp³-hybridized carbons (Fsp3) is 0.0625. The average molecular weight is 320 g/mol. The SMILES string of the molecule is O=C(NCc1ccccc1)/C(=C/Cl)S(=O)c1ccccc1. The van der Waals surface area contributed by atoms with Crippen LogP contribution in [0, 0.1) is 0 Å². The molecule has 0 saturated heterocycles. The van der Waals surface area contributed by atoms with Gasteiger partial charge >= 0.3 is 0 Å². The largest absolute Gasteiger partial charge is 0.347 e. The molecule has 5 heteroatoms. The summed E-state index contributed by atoms with van der Waals surface area (Å²) < 4.78 is 12.3. The Morgan fingerprint density at radius 2 is 1.62 bits per heavy atom. The van der Waals surface area contributed by atoms with E-state index in [1.165, 1.54) is 0 Å². The maximum atomic E-state index is 12.3. The molecule has 0 saturated carbocycles. The predicted octanol–water partition coefficient (Wildman–Crippen LogP) is 3.19. The van der Waals surface area contributed by atoms with Crippen LogP contribution in [-0.4, -0.2) is 10.1 Å². The number of benzene rings is 2. The minimum absolute atomic E-state index is 0.0406. The first kappa shape index (κ1) is 15.5. The molecule has 0 aliphatic carbocycles. The smallest absolute Gasteiger partial charge is 0.261 e. The van der Waals surface area contributed by atoms with E-state index in [-0.39, 0.29) is 4.91 Å². The van der Waals surface area contributed by atoms with Gasteiger partial charge in [0.1, 0.15) is 4.91 Å². The average Bonchev–Trinajstić information content (AvgIpc) is 2.55. The topological polar surface area (TPSA) is 46.2 Å². The van der Waals surface area contributed by atoms with Gasteiger partial charge in [-0.1, -0.05) is 60.1 Å². The minimum atomic E-state index is -1.59. The zero-order valence-corrected chi connectivity index (χ0v) is 12.7. The van der Waals surface area contributed by atoms with E-state index >= 15 is 0 Å². The van der Waals surface area contributed by atoms with Gasteiger partial charge in [0.05, 0.1) is 10.8 Å². The van der Waals surface area contributed by atoms with Crippen molar-refractivity contribution in [3.63, 3.8) is 0 Å². The molecule has 0 spiro atoms. The van der Waals surface area contributed by atoms with Crippen molar-refractivity contribution in [2.75, 3.05) is 0 Å². The number of carbonyl (C=O) groups excluding carboxylic acids is 1. The number of halogens is 1. The Labute approximate surface area is 131 Å². The standard InChI is InChI=1S/C16H14ClNO2S/c17-11-15(21(20)14-9-5-2-6-10-14)16(19)18-12-13-7-3-1-4-8-13/h1-11H,12H2,(H,18,19)/b15-11-.